The molecule has 0 aromatic carbocycles. The summed E-state index contributed by atoms with van der Waals surface area (Å²) in [5.41, 5.74) is 0.686. The fraction of sp³-hybridized carbons (Fsp3) is 0.583. The minimum Gasteiger partial charge on any atom is -0.367 e. The van der Waals surface area contributed by atoms with Gasteiger partial charge in [0, 0.05) is 6.04 Å². The Morgan fingerprint density at radius 2 is 1.94 bits per heavy atom. The van der Waals surface area contributed by atoms with Crippen molar-refractivity contribution in [2.45, 2.75) is 44.6 Å². The van der Waals surface area contributed by atoms with Crippen molar-refractivity contribution in [3.63, 3.8) is 0 Å². The second-order valence-corrected chi connectivity index (χ2v) is 5.14. The number of aromatic nitrogens is 4. The summed E-state index contributed by atoms with van der Waals surface area (Å²) in [6, 6.07) is 0.483. The van der Waals surface area contributed by atoms with Crippen molar-refractivity contribution in [3.05, 3.63) is 11.5 Å². The predicted octanol–water partition coefficient (Wildman–Crippen LogP) is 3.14. The molecule has 96 valence electrons. The molecule has 2 aromatic rings. The van der Waals surface area contributed by atoms with E-state index in [1.165, 1.54) is 38.5 Å². The Bertz CT molecular complexity index is 530. The lowest BCUT2D eigenvalue weighted by Gasteiger charge is -2.17. The van der Waals surface area contributed by atoms with Crippen LogP contribution in [-0.4, -0.2) is 26.2 Å². The number of nitrogens with zero attached hydrogens (tertiary/aromatic N) is 3. The van der Waals surface area contributed by atoms with Crippen LogP contribution in [0.5, 0.6) is 0 Å². The molecule has 1 aliphatic carbocycles. The molecule has 0 amide bonds. The van der Waals surface area contributed by atoms with Crippen LogP contribution in [0.4, 0.5) is 5.82 Å². The third-order valence-corrected chi connectivity index (χ3v) is 3.65. The summed E-state index contributed by atoms with van der Waals surface area (Å²) < 4.78 is 0. The van der Waals surface area contributed by atoms with Gasteiger partial charge < -0.3 is 5.32 Å². The Kier molecular flexibility index (Phi) is 3.32. The Labute approximate surface area is 110 Å². The van der Waals surface area contributed by atoms with Crippen LogP contribution < -0.4 is 5.32 Å². The van der Waals surface area contributed by atoms with Gasteiger partial charge in [0.1, 0.15) is 5.82 Å². The summed E-state index contributed by atoms with van der Waals surface area (Å²) in [4.78, 5) is 8.39. The molecule has 2 N–H and O–H groups in total. The monoisotopic (exact) mass is 265 g/mol. The van der Waals surface area contributed by atoms with Gasteiger partial charge >= 0.3 is 0 Å². The Morgan fingerprint density at radius 1 is 1.17 bits per heavy atom. The van der Waals surface area contributed by atoms with Crippen molar-refractivity contribution in [2.24, 2.45) is 0 Å². The van der Waals surface area contributed by atoms with E-state index in [1.54, 1.807) is 6.20 Å². The maximum Gasteiger partial charge on any atom is 0.226 e. The lowest BCUT2D eigenvalue weighted by atomic mass is 10.1. The van der Waals surface area contributed by atoms with Gasteiger partial charge in [-0.25, -0.2) is 0 Å². The predicted molar refractivity (Wildman–Crippen MR) is 71.8 cm³/mol. The summed E-state index contributed by atoms with van der Waals surface area (Å²) in [6.45, 7) is 0. The van der Waals surface area contributed by atoms with E-state index in [0.29, 0.717) is 11.7 Å². The Hall–Kier alpha value is -1.36. The molecule has 0 radical (unpaired) electrons. The molecule has 5 nitrogen and oxygen atoms in total. The summed E-state index contributed by atoms with van der Waals surface area (Å²) in [7, 11) is 0. The molecule has 6 heteroatoms. The molecule has 3 rings (SSSR count). The number of halogens is 1. The zero-order chi connectivity index (χ0) is 12.4. The number of fused-ring (bicyclic) bond motifs is 1. The maximum absolute atomic E-state index is 5.92. The first-order valence-corrected chi connectivity index (χ1v) is 6.84. The van der Waals surface area contributed by atoms with Crippen LogP contribution >= 0.6 is 11.6 Å². The van der Waals surface area contributed by atoms with Crippen LogP contribution in [0.3, 0.4) is 0 Å². The highest BCUT2D eigenvalue weighted by atomic mass is 35.5. The maximum atomic E-state index is 5.92. The average Bonchev–Trinajstić information content (AvgIpc) is 2.66. The molecule has 0 aliphatic heterocycles. The first-order chi connectivity index (χ1) is 8.83. The van der Waals surface area contributed by atoms with E-state index in [0.717, 1.165) is 11.2 Å². The van der Waals surface area contributed by atoms with Crippen molar-refractivity contribution >= 4 is 28.5 Å². The second kappa shape index (κ2) is 5.10. The summed E-state index contributed by atoms with van der Waals surface area (Å²) >= 11 is 5.92. The molecule has 2 aromatic heterocycles. The van der Waals surface area contributed by atoms with Gasteiger partial charge in [-0.2, -0.15) is 15.1 Å². The molecular formula is C12H16ClN5. The van der Waals surface area contributed by atoms with Crippen LogP contribution in [0.25, 0.3) is 11.0 Å². The zero-order valence-corrected chi connectivity index (χ0v) is 10.9. The Balaban J connectivity index is 1.86. The van der Waals surface area contributed by atoms with Gasteiger partial charge in [0.05, 0.1) is 11.6 Å². The first kappa shape index (κ1) is 11.7. The molecule has 0 bridgehead atoms. The van der Waals surface area contributed by atoms with E-state index in [2.05, 4.69) is 25.5 Å². The second-order valence-electron chi connectivity index (χ2n) is 4.81. The van der Waals surface area contributed by atoms with Crippen molar-refractivity contribution in [1.29, 1.82) is 0 Å². The molecular weight excluding hydrogens is 250 g/mol. The third-order valence-electron chi connectivity index (χ3n) is 3.48. The van der Waals surface area contributed by atoms with Crippen molar-refractivity contribution in [3.8, 4) is 0 Å². The minimum atomic E-state index is 0.253. The smallest absolute Gasteiger partial charge is 0.226 e. The molecule has 0 unspecified atom stereocenters. The number of hydrogen-bond acceptors (Lipinski definition) is 4. The topological polar surface area (TPSA) is 66.5 Å². The van der Waals surface area contributed by atoms with Crippen LogP contribution in [0, 0.1) is 0 Å². The largest absolute Gasteiger partial charge is 0.367 e. The van der Waals surface area contributed by atoms with Gasteiger partial charge in [-0.15, -0.1) is 0 Å². The molecule has 0 saturated heterocycles. The van der Waals surface area contributed by atoms with E-state index < -0.39 is 0 Å². The van der Waals surface area contributed by atoms with E-state index in [-0.39, 0.29) is 5.28 Å². The lowest BCUT2D eigenvalue weighted by Crippen LogP contribution is -2.19. The van der Waals surface area contributed by atoms with Gasteiger partial charge in [0.25, 0.3) is 0 Å². The quantitative estimate of drug-likeness (QED) is 0.647. The fourth-order valence-corrected chi connectivity index (χ4v) is 2.70. The number of anilines is 1. The van der Waals surface area contributed by atoms with Crippen LogP contribution in [-0.2, 0) is 0 Å². The van der Waals surface area contributed by atoms with Crippen molar-refractivity contribution < 1.29 is 0 Å². The average molecular weight is 266 g/mol. The van der Waals surface area contributed by atoms with Gasteiger partial charge in [0.15, 0.2) is 5.65 Å². The normalized spacial score (nSPS) is 17.8. The minimum absolute atomic E-state index is 0.253. The highest BCUT2D eigenvalue weighted by Gasteiger charge is 2.15. The van der Waals surface area contributed by atoms with Gasteiger partial charge in [0.2, 0.25) is 5.28 Å². The molecule has 0 atom stereocenters. The molecule has 1 aliphatic rings. The van der Waals surface area contributed by atoms with E-state index >= 15 is 0 Å². The van der Waals surface area contributed by atoms with Crippen LogP contribution in [0.1, 0.15) is 38.5 Å². The van der Waals surface area contributed by atoms with E-state index in [9.17, 15) is 0 Å². The number of hydrogen-bond donors (Lipinski definition) is 2. The summed E-state index contributed by atoms with van der Waals surface area (Å²) in [5.74, 6) is 0.797. The summed E-state index contributed by atoms with van der Waals surface area (Å²) in [5, 5.41) is 11.5. The molecule has 1 fully saturated rings. The number of rotatable bonds is 2. The SMILES string of the molecule is Clc1nc(NC2CCCCCC2)c2cn[nH]c2n1. The fourth-order valence-electron chi connectivity index (χ4n) is 2.53. The molecule has 0 spiro atoms. The van der Waals surface area contributed by atoms with Crippen LogP contribution in [0.15, 0.2) is 6.20 Å². The number of H-pyrrole nitrogens is 1. The van der Waals surface area contributed by atoms with Gasteiger partial charge in [-0.05, 0) is 24.4 Å². The number of aromatic amines is 1. The van der Waals surface area contributed by atoms with E-state index in [4.69, 9.17) is 11.6 Å². The molecule has 18 heavy (non-hydrogen) atoms. The first-order valence-electron chi connectivity index (χ1n) is 6.46. The van der Waals surface area contributed by atoms with Crippen molar-refractivity contribution in [1.82, 2.24) is 20.2 Å². The standard InChI is InChI=1S/C12H16ClN5/c13-12-16-10(9-7-14-18-11(9)17-12)15-8-5-3-1-2-4-6-8/h7-8H,1-6H2,(H2,14,15,16,17,18). The van der Waals surface area contributed by atoms with Crippen LogP contribution in [0.2, 0.25) is 5.28 Å². The highest BCUT2D eigenvalue weighted by Crippen LogP contribution is 2.24. The third kappa shape index (κ3) is 2.41. The summed E-state index contributed by atoms with van der Waals surface area (Å²) in [6.07, 6.45) is 9.37. The Morgan fingerprint density at radius 3 is 2.72 bits per heavy atom. The zero-order valence-electron chi connectivity index (χ0n) is 10.1. The van der Waals surface area contributed by atoms with Gasteiger partial charge in [-0.3, -0.25) is 5.10 Å². The molecule has 1 saturated carbocycles. The lowest BCUT2D eigenvalue weighted by molar-refractivity contribution is 0.618. The molecule has 2 heterocycles. The van der Waals surface area contributed by atoms with Gasteiger partial charge in [-0.1, -0.05) is 25.7 Å². The van der Waals surface area contributed by atoms with E-state index in [1.807, 2.05) is 0 Å². The van der Waals surface area contributed by atoms with Crippen molar-refractivity contribution in [2.75, 3.05) is 5.32 Å². The number of nitrogens with one attached hydrogen (secondary N) is 2. The highest BCUT2D eigenvalue weighted by molar-refractivity contribution is 6.28.